The predicted molar refractivity (Wildman–Crippen MR) is 77.4 cm³/mol. The van der Waals surface area contributed by atoms with Crippen LogP contribution in [0.4, 0.5) is 8.78 Å². The fourth-order valence-corrected chi connectivity index (χ4v) is 2.55. The minimum absolute atomic E-state index is 0.0253. The Morgan fingerprint density at radius 1 is 1.00 bits per heavy atom. The molecule has 112 valence electrons. The standard InChI is InChI=1S/C16H15ClF2O2/c17-14-6-5-12(18)7-11(14)8-16(9-20,10-21)13-3-1-2-4-15(13)19/h1-7,20-21H,8-10H2. The summed E-state index contributed by atoms with van der Waals surface area (Å²) in [5, 5.41) is 19.7. The van der Waals surface area contributed by atoms with Crippen LogP contribution in [0.5, 0.6) is 0 Å². The Balaban J connectivity index is 2.48. The molecular formula is C16H15ClF2O2. The number of rotatable bonds is 5. The highest BCUT2D eigenvalue weighted by atomic mass is 35.5. The number of hydrogen-bond donors (Lipinski definition) is 2. The van der Waals surface area contributed by atoms with Gasteiger partial charge in [0.1, 0.15) is 11.6 Å². The average Bonchev–Trinajstić information content (AvgIpc) is 2.49. The van der Waals surface area contributed by atoms with E-state index in [-0.39, 0.29) is 12.0 Å². The summed E-state index contributed by atoms with van der Waals surface area (Å²) >= 11 is 6.02. The zero-order valence-electron chi connectivity index (χ0n) is 11.2. The van der Waals surface area contributed by atoms with Crippen molar-refractivity contribution in [2.24, 2.45) is 0 Å². The molecule has 2 rings (SSSR count). The molecule has 0 heterocycles. The van der Waals surface area contributed by atoms with Crippen LogP contribution in [0.25, 0.3) is 0 Å². The van der Waals surface area contributed by atoms with E-state index in [1.807, 2.05) is 0 Å². The molecule has 0 aliphatic carbocycles. The van der Waals surface area contributed by atoms with E-state index in [1.165, 1.54) is 36.4 Å². The Labute approximate surface area is 126 Å². The van der Waals surface area contributed by atoms with E-state index in [0.717, 1.165) is 0 Å². The molecule has 0 amide bonds. The second kappa shape index (κ2) is 6.52. The largest absolute Gasteiger partial charge is 0.395 e. The van der Waals surface area contributed by atoms with Gasteiger partial charge in [-0.2, -0.15) is 0 Å². The lowest BCUT2D eigenvalue weighted by molar-refractivity contribution is 0.113. The van der Waals surface area contributed by atoms with E-state index in [2.05, 4.69) is 0 Å². The molecular weight excluding hydrogens is 298 g/mol. The fraction of sp³-hybridized carbons (Fsp3) is 0.250. The van der Waals surface area contributed by atoms with Crippen molar-refractivity contribution < 1.29 is 19.0 Å². The van der Waals surface area contributed by atoms with Crippen molar-refractivity contribution in [3.8, 4) is 0 Å². The molecule has 0 atom stereocenters. The van der Waals surface area contributed by atoms with Crippen LogP contribution in [0.1, 0.15) is 11.1 Å². The molecule has 0 bridgehead atoms. The van der Waals surface area contributed by atoms with Crippen LogP contribution in [0.15, 0.2) is 42.5 Å². The Bertz CT molecular complexity index is 627. The normalized spacial score (nSPS) is 11.7. The quantitative estimate of drug-likeness (QED) is 0.891. The van der Waals surface area contributed by atoms with Crippen molar-refractivity contribution in [1.29, 1.82) is 0 Å². The highest BCUT2D eigenvalue weighted by molar-refractivity contribution is 6.31. The first-order valence-electron chi connectivity index (χ1n) is 6.43. The molecule has 2 N–H and O–H groups in total. The lowest BCUT2D eigenvalue weighted by Gasteiger charge is -2.31. The molecule has 0 saturated carbocycles. The predicted octanol–water partition coefficient (Wildman–Crippen LogP) is 3.08. The lowest BCUT2D eigenvalue weighted by atomic mass is 9.76. The van der Waals surface area contributed by atoms with Crippen LogP contribution in [-0.2, 0) is 11.8 Å². The Hall–Kier alpha value is -1.49. The first-order chi connectivity index (χ1) is 10.0. The third-order valence-electron chi connectivity index (χ3n) is 3.59. The smallest absolute Gasteiger partial charge is 0.127 e. The summed E-state index contributed by atoms with van der Waals surface area (Å²) in [6, 6.07) is 9.72. The second-order valence-corrected chi connectivity index (χ2v) is 5.40. The van der Waals surface area contributed by atoms with E-state index < -0.39 is 30.3 Å². The van der Waals surface area contributed by atoms with Crippen molar-refractivity contribution in [3.05, 3.63) is 70.2 Å². The van der Waals surface area contributed by atoms with Gasteiger partial charge in [0.25, 0.3) is 0 Å². The van der Waals surface area contributed by atoms with E-state index in [0.29, 0.717) is 10.6 Å². The summed E-state index contributed by atoms with van der Waals surface area (Å²) in [4.78, 5) is 0. The van der Waals surface area contributed by atoms with Gasteiger partial charge in [0.2, 0.25) is 0 Å². The number of aliphatic hydroxyl groups excluding tert-OH is 2. The van der Waals surface area contributed by atoms with Gasteiger partial charge in [0.05, 0.1) is 13.2 Å². The van der Waals surface area contributed by atoms with Crippen molar-refractivity contribution in [1.82, 2.24) is 0 Å². The monoisotopic (exact) mass is 312 g/mol. The minimum atomic E-state index is -1.26. The molecule has 0 aliphatic rings. The van der Waals surface area contributed by atoms with Crippen molar-refractivity contribution in [2.45, 2.75) is 11.8 Å². The van der Waals surface area contributed by atoms with Gasteiger partial charge in [-0.15, -0.1) is 0 Å². The zero-order valence-corrected chi connectivity index (χ0v) is 11.9. The van der Waals surface area contributed by atoms with Gasteiger partial charge >= 0.3 is 0 Å². The molecule has 0 saturated heterocycles. The van der Waals surface area contributed by atoms with Crippen LogP contribution < -0.4 is 0 Å². The molecule has 0 unspecified atom stereocenters. The average molecular weight is 313 g/mol. The van der Waals surface area contributed by atoms with Crippen molar-refractivity contribution >= 4 is 11.6 Å². The van der Waals surface area contributed by atoms with Crippen LogP contribution >= 0.6 is 11.6 Å². The van der Waals surface area contributed by atoms with Crippen LogP contribution in [0.3, 0.4) is 0 Å². The second-order valence-electron chi connectivity index (χ2n) is 4.99. The van der Waals surface area contributed by atoms with Crippen LogP contribution in [0.2, 0.25) is 5.02 Å². The number of hydrogen-bond acceptors (Lipinski definition) is 2. The summed E-state index contributed by atoms with van der Waals surface area (Å²) < 4.78 is 27.4. The van der Waals surface area contributed by atoms with Gasteiger partial charge < -0.3 is 10.2 Å². The molecule has 21 heavy (non-hydrogen) atoms. The molecule has 0 aliphatic heterocycles. The first-order valence-corrected chi connectivity index (χ1v) is 6.81. The highest BCUT2D eigenvalue weighted by Gasteiger charge is 2.34. The van der Waals surface area contributed by atoms with E-state index in [1.54, 1.807) is 6.07 Å². The number of aliphatic hydroxyl groups is 2. The third kappa shape index (κ3) is 3.23. The summed E-state index contributed by atoms with van der Waals surface area (Å²) in [5.41, 5.74) is -0.679. The lowest BCUT2D eigenvalue weighted by Crippen LogP contribution is -2.38. The molecule has 0 spiro atoms. The summed E-state index contributed by atoms with van der Waals surface area (Å²) in [7, 11) is 0. The summed E-state index contributed by atoms with van der Waals surface area (Å²) in [6.45, 7) is -0.978. The van der Waals surface area contributed by atoms with E-state index in [9.17, 15) is 19.0 Å². The molecule has 2 aromatic carbocycles. The topological polar surface area (TPSA) is 40.5 Å². The zero-order chi connectivity index (χ0) is 15.5. The molecule has 0 aromatic heterocycles. The van der Waals surface area contributed by atoms with Crippen LogP contribution in [0, 0.1) is 11.6 Å². The maximum absolute atomic E-state index is 14.0. The van der Waals surface area contributed by atoms with E-state index >= 15 is 0 Å². The fourth-order valence-electron chi connectivity index (χ4n) is 2.36. The first kappa shape index (κ1) is 15.9. The maximum atomic E-state index is 14.0. The highest BCUT2D eigenvalue weighted by Crippen LogP contribution is 2.32. The maximum Gasteiger partial charge on any atom is 0.127 e. The Morgan fingerprint density at radius 2 is 1.67 bits per heavy atom. The van der Waals surface area contributed by atoms with Crippen LogP contribution in [-0.4, -0.2) is 23.4 Å². The van der Waals surface area contributed by atoms with Gasteiger partial charge in [-0.05, 0) is 41.8 Å². The van der Waals surface area contributed by atoms with E-state index in [4.69, 9.17) is 11.6 Å². The van der Waals surface area contributed by atoms with Crippen molar-refractivity contribution in [3.63, 3.8) is 0 Å². The SMILES string of the molecule is OCC(CO)(Cc1cc(F)ccc1Cl)c1ccccc1F. The number of benzene rings is 2. The molecule has 2 nitrogen and oxygen atoms in total. The minimum Gasteiger partial charge on any atom is -0.395 e. The van der Waals surface area contributed by atoms with Gasteiger partial charge in [-0.25, -0.2) is 8.78 Å². The molecule has 0 radical (unpaired) electrons. The molecule has 0 fully saturated rings. The number of halogens is 3. The van der Waals surface area contributed by atoms with Gasteiger partial charge in [0, 0.05) is 10.4 Å². The molecule has 5 heteroatoms. The van der Waals surface area contributed by atoms with Gasteiger partial charge in [0.15, 0.2) is 0 Å². The van der Waals surface area contributed by atoms with Crippen molar-refractivity contribution in [2.75, 3.05) is 13.2 Å². The summed E-state index contributed by atoms with van der Waals surface area (Å²) in [6.07, 6.45) is 0.0253. The Morgan fingerprint density at radius 3 is 2.29 bits per heavy atom. The third-order valence-corrected chi connectivity index (χ3v) is 3.96. The van der Waals surface area contributed by atoms with Gasteiger partial charge in [-0.3, -0.25) is 0 Å². The van der Waals surface area contributed by atoms with Gasteiger partial charge in [-0.1, -0.05) is 29.8 Å². The Kier molecular flexibility index (Phi) is 4.93. The summed E-state index contributed by atoms with van der Waals surface area (Å²) in [5.74, 6) is -1.01. The molecule has 2 aromatic rings.